The minimum atomic E-state index is -0.529. The van der Waals surface area contributed by atoms with Gasteiger partial charge in [-0.15, -0.1) is 0 Å². The molecule has 1 heterocycles. The Balaban J connectivity index is 2.20. The normalized spacial score (nSPS) is 10.4. The summed E-state index contributed by atoms with van der Waals surface area (Å²) in [4.78, 5) is 22.4. The van der Waals surface area contributed by atoms with Crippen molar-refractivity contribution in [2.75, 3.05) is 5.32 Å². The molecule has 0 atom stereocenters. The van der Waals surface area contributed by atoms with Gasteiger partial charge in [0.25, 0.3) is 11.6 Å². The minimum absolute atomic E-state index is 0.0703. The molecule has 1 aromatic carbocycles. The number of aliphatic hydroxyl groups is 1. The number of hydrogen-bond acceptors (Lipinski definition) is 4. The molecule has 0 fully saturated rings. The number of anilines is 1. The van der Waals surface area contributed by atoms with Crippen LogP contribution in [0.25, 0.3) is 0 Å². The summed E-state index contributed by atoms with van der Waals surface area (Å²) in [5.74, 6) is -0.415. The topological polar surface area (TPSA) is 97.4 Å². The number of aliphatic hydroxyl groups excluding tert-OH is 1. The first-order valence-electron chi connectivity index (χ1n) is 6.41. The van der Waals surface area contributed by atoms with E-state index < -0.39 is 10.8 Å². The largest absolute Gasteiger partial charge is 0.392 e. The fourth-order valence-electron chi connectivity index (χ4n) is 1.94. The van der Waals surface area contributed by atoms with Gasteiger partial charge in [0.2, 0.25) is 0 Å². The van der Waals surface area contributed by atoms with E-state index in [-0.39, 0.29) is 18.0 Å². The van der Waals surface area contributed by atoms with Gasteiger partial charge < -0.3 is 15.0 Å². The van der Waals surface area contributed by atoms with Gasteiger partial charge in [-0.25, -0.2) is 0 Å². The molecule has 7 nitrogen and oxygen atoms in total. The molecule has 0 aliphatic carbocycles. The van der Waals surface area contributed by atoms with Crippen molar-refractivity contribution < 1.29 is 14.8 Å². The number of hydrogen-bond donors (Lipinski definition) is 2. The maximum absolute atomic E-state index is 12.2. The lowest BCUT2D eigenvalue weighted by atomic mass is 10.2. The van der Waals surface area contributed by atoms with Crippen LogP contribution < -0.4 is 5.32 Å². The number of aromatic nitrogens is 1. The Kier molecular flexibility index (Phi) is 4.34. The monoisotopic (exact) mass is 289 g/mol. The highest BCUT2D eigenvalue weighted by Gasteiger charge is 2.18. The van der Waals surface area contributed by atoms with E-state index in [0.29, 0.717) is 12.2 Å². The number of rotatable bonds is 5. The average molecular weight is 289 g/mol. The number of benzene rings is 1. The molecule has 1 amide bonds. The highest BCUT2D eigenvalue weighted by Crippen LogP contribution is 2.18. The second kappa shape index (κ2) is 6.19. The van der Waals surface area contributed by atoms with Crippen molar-refractivity contribution >= 4 is 17.3 Å². The van der Waals surface area contributed by atoms with E-state index in [1.165, 1.54) is 16.8 Å². The molecule has 0 aliphatic rings. The Bertz CT molecular complexity index is 661. The van der Waals surface area contributed by atoms with E-state index in [9.17, 15) is 14.9 Å². The molecule has 2 rings (SSSR count). The second-order valence-electron chi connectivity index (χ2n) is 4.44. The Labute approximate surface area is 121 Å². The zero-order valence-electron chi connectivity index (χ0n) is 11.4. The van der Waals surface area contributed by atoms with E-state index in [1.807, 2.05) is 0 Å². The van der Waals surface area contributed by atoms with Crippen LogP contribution in [0.5, 0.6) is 0 Å². The molecule has 2 N–H and O–H groups in total. The molecule has 0 aliphatic heterocycles. The van der Waals surface area contributed by atoms with Crippen molar-refractivity contribution in [1.29, 1.82) is 0 Å². The molecule has 0 saturated heterocycles. The fraction of sp³-hybridized carbons (Fsp3) is 0.214. The molecule has 0 bridgehead atoms. The molecular weight excluding hydrogens is 274 g/mol. The van der Waals surface area contributed by atoms with Gasteiger partial charge in [-0.05, 0) is 24.6 Å². The summed E-state index contributed by atoms with van der Waals surface area (Å²) in [6.45, 7) is 2.19. The van der Waals surface area contributed by atoms with Crippen LogP contribution in [-0.4, -0.2) is 20.5 Å². The standard InChI is InChI=1S/C14H15N3O4/c1-2-16-8-12(17(20)21)7-13(16)14(19)15-11-5-3-10(9-18)4-6-11/h3-8,18H,2,9H2,1H3,(H,15,19). The van der Waals surface area contributed by atoms with Crippen LogP contribution in [0, 0.1) is 10.1 Å². The second-order valence-corrected chi connectivity index (χ2v) is 4.44. The maximum Gasteiger partial charge on any atom is 0.287 e. The Morgan fingerprint density at radius 1 is 1.38 bits per heavy atom. The number of nitrogens with zero attached hydrogens (tertiary/aromatic N) is 2. The first-order valence-corrected chi connectivity index (χ1v) is 6.41. The third-order valence-corrected chi connectivity index (χ3v) is 3.06. The van der Waals surface area contributed by atoms with Gasteiger partial charge in [0.1, 0.15) is 5.69 Å². The lowest BCUT2D eigenvalue weighted by Gasteiger charge is -2.07. The number of amides is 1. The quantitative estimate of drug-likeness (QED) is 0.651. The van der Waals surface area contributed by atoms with Crippen LogP contribution in [0.1, 0.15) is 23.0 Å². The molecule has 0 spiro atoms. The van der Waals surface area contributed by atoms with E-state index in [2.05, 4.69) is 5.32 Å². The number of carbonyl (C=O) groups excluding carboxylic acids is 1. The SMILES string of the molecule is CCn1cc([N+](=O)[O-])cc1C(=O)Nc1ccc(CO)cc1. The van der Waals surface area contributed by atoms with Crippen molar-refractivity contribution in [2.45, 2.75) is 20.1 Å². The van der Waals surface area contributed by atoms with E-state index in [0.717, 1.165) is 5.56 Å². The van der Waals surface area contributed by atoms with Gasteiger partial charge in [0, 0.05) is 18.3 Å². The number of nitro groups is 1. The number of nitrogens with one attached hydrogen (secondary N) is 1. The predicted molar refractivity (Wildman–Crippen MR) is 77.1 cm³/mol. The highest BCUT2D eigenvalue weighted by molar-refractivity contribution is 6.03. The molecule has 2 aromatic rings. The third kappa shape index (κ3) is 3.26. The summed E-state index contributed by atoms with van der Waals surface area (Å²) in [7, 11) is 0. The van der Waals surface area contributed by atoms with Crippen LogP contribution in [0.3, 0.4) is 0 Å². The van der Waals surface area contributed by atoms with E-state index >= 15 is 0 Å². The van der Waals surface area contributed by atoms with Crippen molar-refractivity contribution in [2.24, 2.45) is 0 Å². The Morgan fingerprint density at radius 2 is 2.05 bits per heavy atom. The lowest BCUT2D eigenvalue weighted by Crippen LogP contribution is -2.16. The summed E-state index contributed by atoms with van der Waals surface area (Å²) >= 11 is 0. The Hall–Kier alpha value is -2.67. The van der Waals surface area contributed by atoms with Crippen molar-refractivity contribution in [3.8, 4) is 0 Å². The van der Waals surface area contributed by atoms with Crippen LogP contribution in [-0.2, 0) is 13.2 Å². The molecule has 21 heavy (non-hydrogen) atoms. The van der Waals surface area contributed by atoms with Gasteiger partial charge in [-0.1, -0.05) is 12.1 Å². The number of carbonyl (C=O) groups is 1. The predicted octanol–water partition coefficient (Wildman–Crippen LogP) is 2.16. The smallest absolute Gasteiger partial charge is 0.287 e. The van der Waals surface area contributed by atoms with Gasteiger partial charge in [-0.2, -0.15) is 0 Å². The molecular formula is C14H15N3O4. The molecule has 7 heteroatoms. The zero-order valence-corrected chi connectivity index (χ0v) is 11.4. The number of aryl methyl sites for hydroxylation is 1. The van der Waals surface area contributed by atoms with Gasteiger partial charge in [-0.3, -0.25) is 14.9 Å². The summed E-state index contributed by atoms with van der Waals surface area (Å²) in [5, 5.41) is 22.4. The first-order chi connectivity index (χ1) is 10.0. The lowest BCUT2D eigenvalue weighted by molar-refractivity contribution is -0.384. The van der Waals surface area contributed by atoms with Crippen molar-refractivity contribution in [3.05, 3.63) is 57.9 Å². The average Bonchev–Trinajstić information content (AvgIpc) is 2.92. The summed E-state index contributed by atoms with van der Waals surface area (Å²) in [6.07, 6.45) is 1.34. The van der Waals surface area contributed by atoms with Crippen molar-refractivity contribution in [1.82, 2.24) is 4.57 Å². The maximum atomic E-state index is 12.2. The third-order valence-electron chi connectivity index (χ3n) is 3.06. The van der Waals surface area contributed by atoms with Gasteiger partial charge in [0.05, 0.1) is 17.7 Å². The van der Waals surface area contributed by atoms with Crippen LogP contribution >= 0.6 is 0 Å². The van der Waals surface area contributed by atoms with Gasteiger partial charge in [0.15, 0.2) is 0 Å². The van der Waals surface area contributed by atoms with Crippen LogP contribution in [0.15, 0.2) is 36.5 Å². The Morgan fingerprint density at radius 3 is 2.57 bits per heavy atom. The van der Waals surface area contributed by atoms with E-state index in [1.54, 1.807) is 31.2 Å². The molecule has 110 valence electrons. The molecule has 0 saturated carbocycles. The summed E-state index contributed by atoms with van der Waals surface area (Å²) in [5.41, 5.74) is 1.41. The van der Waals surface area contributed by atoms with Crippen LogP contribution in [0.4, 0.5) is 11.4 Å². The fourth-order valence-corrected chi connectivity index (χ4v) is 1.94. The molecule has 1 aromatic heterocycles. The molecule has 0 radical (unpaired) electrons. The summed E-state index contributed by atoms with van der Waals surface area (Å²) < 4.78 is 1.52. The zero-order chi connectivity index (χ0) is 15.4. The van der Waals surface area contributed by atoms with Gasteiger partial charge >= 0.3 is 0 Å². The highest BCUT2D eigenvalue weighted by atomic mass is 16.6. The van der Waals surface area contributed by atoms with Crippen molar-refractivity contribution in [3.63, 3.8) is 0 Å². The molecule has 0 unspecified atom stereocenters. The van der Waals surface area contributed by atoms with E-state index in [4.69, 9.17) is 5.11 Å². The van der Waals surface area contributed by atoms with Crippen LogP contribution in [0.2, 0.25) is 0 Å². The minimum Gasteiger partial charge on any atom is -0.392 e. The first kappa shape index (κ1) is 14.7. The summed E-state index contributed by atoms with van der Waals surface area (Å²) in [6, 6.07) is 7.96.